The Hall–Kier alpha value is -1.77. The summed E-state index contributed by atoms with van der Waals surface area (Å²) >= 11 is 0. The standard InChI is InChI=1S/C22H31N5O.HI/c1-17-15-25-27(16-17)13-7-12-24-21(23-2)26-19-14-22(10-5-6-11-22)28-20-9-4-3-8-18(19)20;/h3-4,8-9,15-16,19H,5-7,10-14H2,1-2H3,(H2,23,24,26);1H. The number of benzene rings is 1. The van der Waals surface area contributed by atoms with Gasteiger partial charge in [0.25, 0.3) is 0 Å². The van der Waals surface area contributed by atoms with E-state index < -0.39 is 0 Å². The van der Waals surface area contributed by atoms with Gasteiger partial charge in [0.1, 0.15) is 11.4 Å². The minimum Gasteiger partial charge on any atom is -0.487 e. The van der Waals surface area contributed by atoms with E-state index in [2.05, 4.69) is 58.1 Å². The first-order valence-electron chi connectivity index (χ1n) is 10.4. The molecule has 1 saturated carbocycles. The van der Waals surface area contributed by atoms with Crippen LogP contribution >= 0.6 is 24.0 Å². The summed E-state index contributed by atoms with van der Waals surface area (Å²) in [5, 5.41) is 11.5. The van der Waals surface area contributed by atoms with Crippen LogP contribution in [0, 0.1) is 6.92 Å². The second-order valence-electron chi connectivity index (χ2n) is 8.06. The zero-order valence-electron chi connectivity index (χ0n) is 17.4. The Bertz CT molecular complexity index is 828. The zero-order chi connectivity index (χ0) is 19.4. The summed E-state index contributed by atoms with van der Waals surface area (Å²) < 4.78 is 8.46. The van der Waals surface area contributed by atoms with Gasteiger partial charge in [-0.3, -0.25) is 9.67 Å². The fourth-order valence-corrected chi connectivity index (χ4v) is 4.47. The van der Waals surface area contributed by atoms with Crippen LogP contribution in [-0.2, 0) is 6.54 Å². The highest BCUT2D eigenvalue weighted by Crippen LogP contribution is 2.46. The van der Waals surface area contributed by atoms with Gasteiger partial charge < -0.3 is 15.4 Å². The lowest BCUT2D eigenvalue weighted by molar-refractivity contribution is 0.0396. The zero-order valence-corrected chi connectivity index (χ0v) is 19.7. The summed E-state index contributed by atoms with van der Waals surface area (Å²) in [7, 11) is 1.84. The Morgan fingerprint density at radius 1 is 1.31 bits per heavy atom. The number of aromatic nitrogens is 2. The molecule has 0 amide bonds. The number of nitrogens with one attached hydrogen (secondary N) is 2. The number of hydrogen-bond acceptors (Lipinski definition) is 3. The molecule has 1 aromatic heterocycles. The summed E-state index contributed by atoms with van der Waals surface area (Å²) in [6, 6.07) is 8.65. The van der Waals surface area contributed by atoms with Gasteiger partial charge in [-0.15, -0.1) is 24.0 Å². The maximum Gasteiger partial charge on any atom is 0.191 e. The Morgan fingerprint density at radius 2 is 2.10 bits per heavy atom. The Morgan fingerprint density at radius 3 is 2.83 bits per heavy atom. The van der Waals surface area contributed by atoms with E-state index in [-0.39, 0.29) is 35.6 Å². The van der Waals surface area contributed by atoms with Crippen molar-refractivity contribution in [1.82, 2.24) is 20.4 Å². The number of nitrogens with zero attached hydrogens (tertiary/aromatic N) is 3. The molecule has 1 unspecified atom stereocenters. The predicted molar refractivity (Wildman–Crippen MR) is 127 cm³/mol. The van der Waals surface area contributed by atoms with Crippen LogP contribution < -0.4 is 15.4 Å². The third-order valence-corrected chi connectivity index (χ3v) is 5.87. The van der Waals surface area contributed by atoms with E-state index in [4.69, 9.17) is 4.74 Å². The van der Waals surface area contributed by atoms with Crippen LogP contribution in [0.4, 0.5) is 0 Å². The van der Waals surface area contributed by atoms with Crippen LogP contribution in [-0.4, -0.2) is 34.9 Å². The molecule has 2 aromatic rings. The number of fused-ring (bicyclic) bond motifs is 1. The van der Waals surface area contributed by atoms with E-state index in [1.165, 1.54) is 24.0 Å². The third-order valence-electron chi connectivity index (χ3n) is 5.87. The number of halogens is 1. The van der Waals surface area contributed by atoms with Gasteiger partial charge in [-0.05, 0) is 50.7 Å². The monoisotopic (exact) mass is 509 g/mol. The molecule has 1 aliphatic carbocycles. The second kappa shape index (κ2) is 9.82. The number of ether oxygens (including phenoxy) is 1. The number of guanidine groups is 1. The van der Waals surface area contributed by atoms with Gasteiger partial charge in [0, 0.05) is 38.3 Å². The first kappa shape index (κ1) is 21.9. The van der Waals surface area contributed by atoms with Crippen molar-refractivity contribution in [3.63, 3.8) is 0 Å². The van der Waals surface area contributed by atoms with Crippen molar-refractivity contribution in [2.45, 2.75) is 63.6 Å². The maximum absolute atomic E-state index is 6.47. The molecular formula is C22H32IN5O. The molecule has 4 rings (SSSR count). The van der Waals surface area contributed by atoms with E-state index in [0.29, 0.717) is 0 Å². The number of aliphatic imine (C=N–C) groups is 1. The highest BCUT2D eigenvalue weighted by Gasteiger charge is 2.43. The van der Waals surface area contributed by atoms with Crippen molar-refractivity contribution in [1.29, 1.82) is 0 Å². The Kier molecular flexibility index (Phi) is 7.43. The van der Waals surface area contributed by atoms with Gasteiger partial charge in [0.15, 0.2) is 5.96 Å². The lowest BCUT2D eigenvalue weighted by Crippen LogP contribution is -2.46. The van der Waals surface area contributed by atoms with E-state index >= 15 is 0 Å². The van der Waals surface area contributed by atoms with Gasteiger partial charge in [0.05, 0.1) is 12.2 Å². The van der Waals surface area contributed by atoms with E-state index in [1.807, 2.05) is 17.9 Å². The summed E-state index contributed by atoms with van der Waals surface area (Å²) in [6.45, 7) is 3.83. The molecule has 0 saturated heterocycles. The average Bonchev–Trinajstić information content (AvgIpc) is 3.33. The molecule has 1 atom stereocenters. The van der Waals surface area contributed by atoms with Crippen molar-refractivity contribution in [3.05, 3.63) is 47.8 Å². The molecule has 1 aromatic carbocycles. The number of rotatable bonds is 5. The lowest BCUT2D eigenvalue weighted by Gasteiger charge is -2.40. The van der Waals surface area contributed by atoms with Crippen LogP contribution in [0.5, 0.6) is 5.75 Å². The molecule has 158 valence electrons. The van der Waals surface area contributed by atoms with Gasteiger partial charge >= 0.3 is 0 Å². The van der Waals surface area contributed by atoms with Gasteiger partial charge in [-0.1, -0.05) is 18.2 Å². The van der Waals surface area contributed by atoms with Crippen molar-refractivity contribution >= 4 is 29.9 Å². The highest BCUT2D eigenvalue weighted by molar-refractivity contribution is 14.0. The Balaban J connectivity index is 0.00000240. The summed E-state index contributed by atoms with van der Waals surface area (Å²) in [4.78, 5) is 4.45. The maximum atomic E-state index is 6.47. The highest BCUT2D eigenvalue weighted by atomic mass is 127. The quantitative estimate of drug-likeness (QED) is 0.275. The summed E-state index contributed by atoms with van der Waals surface area (Å²) in [6.07, 6.45) is 10.8. The molecule has 7 heteroatoms. The smallest absolute Gasteiger partial charge is 0.191 e. The van der Waals surface area contributed by atoms with Gasteiger partial charge in [0.2, 0.25) is 0 Å². The molecular weight excluding hydrogens is 477 g/mol. The molecule has 0 radical (unpaired) electrons. The summed E-state index contributed by atoms with van der Waals surface area (Å²) in [5.41, 5.74) is 2.42. The molecule has 29 heavy (non-hydrogen) atoms. The van der Waals surface area contributed by atoms with Gasteiger partial charge in [-0.25, -0.2) is 0 Å². The van der Waals surface area contributed by atoms with Crippen LogP contribution in [0.2, 0.25) is 0 Å². The van der Waals surface area contributed by atoms with Crippen molar-refractivity contribution < 1.29 is 4.74 Å². The first-order valence-corrected chi connectivity index (χ1v) is 10.4. The number of para-hydroxylation sites is 1. The molecule has 1 fully saturated rings. The van der Waals surface area contributed by atoms with Crippen LogP contribution in [0.3, 0.4) is 0 Å². The first-order chi connectivity index (χ1) is 13.7. The largest absolute Gasteiger partial charge is 0.487 e. The van der Waals surface area contributed by atoms with Crippen molar-refractivity contribution in [3.8, 4) is 5.75 Å². The van der Waals surface area contributed by atoms with Crippen molar-refractivity contribution in [2.24, 2.45) is 4.99 Å². The Labute approximate surface area is 190 Å². The van der Waals surface area contributed by atoms with Crippen LogP contribution in [0.25, 0.3) is 0 Å². The predicted octanol–water partition coefficient (Wildman–Crippen LogP) is 4.20. The minimum atomic E-state index is -0.0111. The fourth-order valence-electron chi connectivity index (χ4n) is 4.47. The van der Waals surface area contributed by atoms with E-state index in [9.17, 15) is 0 Å². The molecule has 2 aliphatic rings. The molecule has 1 spiro atoms. The number of aryl methyl sites for hydroxylation is 2. The average molecular weight is 509 g/mol. The summed E-state index contributed by atoms with van der Waals surface area (Å²) in [5.74, 6) is 1.88. The van der Waals surface area contributed by atoms with Crippen LogP contribution in [0.15, 0.2) is 41.7 Å². The normalized spacial score (nSPS) is 19.9. The number of hydrogen-bond donors (Lipinski definition) is 2. The topological polar surface area (TPSA) is 63.5 Å². The van der Waals surface area contributed by atoms with Crippen LogP contribution in [0.1, 0.15) is 55.7 Å². The second-order valence-corrected chi connectivity index (χ2v) is 8.06. The minimum absolute atomic E-state index is 0. The van der Waals surface area contributed by atoms with Gasteiger partial charge in [-0.2, -0.15) is 5.10 Å². The lowest BCUT2D eigenvalue weighted by atomic mass is 9.86. The third kappa shape index (κ3) is 5.24. The van der Waals surface area contributed by atoms with Crippen molar-refractivity contribution in [2.75, 3.05) is 13.6 Å². The molecule has 2 N–H and O–H groups in total. The molecule has 0 bridgehead atoms. The SMILES string of the molecule is CN=C(NCCCn1cc(C)cn1)NC1CC2(CCCC2)Oc2ccccc21.I. The van der Waals surface area contributed by atoms with E-state index in [1.54, 1.807) is 0 Å². The molecule has 6 nitrogen and oxygen atoms in total. The fraction of sp³-hybridized carbons (Fsp3) is 0.545. The molecule has 2 heterocycles. The van der Waals surface area contributed by atoms with E-state index in [0.717, 1.165) is 50.5 Å². The molecule has 1 aliphatic heterocycles.